The van der Waals surface area contributed by atoms with E-state index in [2.05, 4.69) is 26.0 Å². The van der Waals surface area contributed by atoms with Crippen LogP contribution in [0.15, 0.2) is 6.07 Å². The maximum Gasteiger partial charge on any atom is 0.431 e. The molecule has 0 fully saturated rings. The fourth-order valence-corrected chi connectivity index (χ4v) is 0.955. The molecule has 7 heteroatoms. The molecule has 1 aromatic rings. The molecule has 0 aliphatic heterocycles. The summed E-state index contributed by atoms with van der Waals surface area (Å²) in [7, 11) is 0. The number of carbonyl (C=O) groups excluding carboxylic acids is 1. The molecule has 1 amide bonds. The van der Waals surface area contributed by atoms with Gasteiger partial charge < -0.3 is 4.84 Å². The largest absolute Gasteiger partial charge is 0.431 e. The summed E-state index contributed by atoms with van der Waals surface area (Å²) in [6.07, 6.45) is -0.811. The molecule has 1 heterocycles. The fraction of sp³-hybridized carbons (Fsp3) is 0.167. The van der Waals surface area contributed by atoms with Gasteiger partial charge in [0.05, 0.1) is 0 Å². The van der Waals surface area contributed by atoms with Crippen LogP contribution in [-0.2, 0) is 4.84 Å². The molecule has 6 nitrogen and oxygen atoms in total. The van der Waals surface area contributed by atoms with E-state index in [1.165, 1.54) is 6.07 Å². The zero-order valence-corrected chi connectivity index (χ0v) is 7.50. The molecule has 0 atom stereocenters. The number of aromatic nitrogens is 2. The zero-order valence-electron chi connectivity index (χ0n) is 6.74. The average molecular weight is 203 g/mol. The number of rotatable bonds is 1. The second-order valence-corrected chi connectivity index (χ2v) is 2.54. The second kappa shape index (κ2) is 4.01. The SMILES string of the molecule is Cc1nc(Cl)cc(NC(=O)ON)n1. The predicted octanol–water partition coefficient (Wildman–Crippen LogP) is 0.861. The Morgan fingerprint density at radius 3 is 2.92 bits per heavy atom. The lowest BCUT2D eigenvalue weighted by molar-refractivity contribution is 0.163. The van der Waals surface area contributed by atoms with Gasteiger partial charge in [-0.25, -0.2) is 14.8 Å². The Labute approximate surface area is 79.0 Å². The van der Waals surface area contributed by atoms with E-state index in [0.29, 0.717) is 5.82 Å². The van der Waals surface area contributed by atoms with Gasteiger partial charge in [0.2, 0.25) is 0 Å². The highest BCUT2D eigenvalue weighted by molar-refractivity contribution is 6.29. The van der Waals surface area contributed by atoms with E-state index in [-0.39, 0.29) is 11.0 Å². The molecular formula is C6H7ClN4O2. The van der Waals surface area contributed by atoms with Crippen molar-refractivity contribution in [1.29, 1.82) is 0 Å². The van der Waals surface area contributed by atoms with Gasteiger partial charge >= 0.3 is 6.09 Å². The molecule has 0 spiro atoms. The topological polar surface area (TPSA) is 90.1 Å². The summed E-state index contributed by atoms with van der Waals surface area (Å²) in [5.74, 6) is 5.30. The number of nitrogens with two attached hydrogens (primary N) is 1. The summed E-state index contributed by atoms with van der Waals surface area (Å²) in [6, 6.07) is 1.38. The molecule has 0 radical (unpaired) electrons. The van der Waals surface area contributed by atoms with Crippen LogP contribution in [-0.4, -0.2) is 16.1 Å². The minimum absolute atomic E-state index is 0.236. The predicted molar refractivity (Wildman–Crippen MR) is 46.1 cm³/mol. The third-order valence-corrected chi connectivity index (χ3v) is 1.34. The van der Waals surface area contributed by atoms with Crippen LogP contribution in [0.25, 0.3) is 0 Å². The van der Waals surface area contributed by atoms with Gasteiger partial charge in [0.25, 0.3) is 0 Å². The van der Waals surface area contributed by atoms with Crippen molar-refractivity contribution in [3.8, 4) is 0 Å². The van der Waals surface area contributed by atoms with Crippen molar-refractivity contribution in [3.05, 3.63) is 17.0 Å². The molecule has 3 N–H and O–H groups in total. The van der Waals surface area contributed by atoms with Gasteiger partial charge in [-0.15, -0.1) is 0 Å². The highest BCUT2D eigenvalue weighted by atomic mass is 35.5. The third kappa shape index (κ3) is 2.85. The van der Waals surface area contributed by atoms with Crippen molar-refractivity contribution in [1.82, 2.24) is 9.97 Å². The quantitative estimate of drug-likeness (QED) is 0.521. The molecule has 0 aliphatic rings. The summed E-state index contributed by atoms with van der Waals surface area (Å²) in [5, 5.41) is 2.49. The minimum Gasteiger partial charge on any atom is -0.356 e. The van der Waals surface area contributed by atoms with Crippen LogP contribution in [0.5, 0.6) is 0 Å². The fourth-order valence-electron chi connectivity index (χ4n) is 0.729. The number of amides is 1. The number of hydrogen-bond acceptors (Lipinski definition) is 5. The summed E-state index contributed by atoms with van der Waals surface area (Å²) in [4.78, 5) is 22.2. The number of aryl methyl sites for hydroxylation is 1. The lowest BCUT2D eigenvalue weighted by atomic mass is 10.5. The van der Waals surface area contributed by atoms with Gasteiger partial charge in [0, 0.05) is 6.07 Å². The Hall–Kier alpha value is -1.40. The minimum atomic E-state index is -0.811. The van der Waals surface area contributed by atoms with E-state index >= 15 is 0 Å². The lowest BCUT2D eigenvalue weighted by Gasteiger charge is -2.02. The van der Waals surface area contributed by atoms with Gasteiger partial charge in [0.1, 0.15) is 16.8 Å². The molecule has 0 unspecified atom stereocenters. The number of hydrogen-bond donors (Lipinski definition) is 2. The summed E-state index contributed by atoms with van der Waals surface area (Å²) in [5.41, 5.74) is 0. The molecule has 0 bridgehead atoms. The number of anilines is 1. The molecule has 1 aromatic heterocycles. The van der Waals surface area contributed by atoms with Crippen molar-refractivity contribution < 1.29 is 9.63 Å². The molecular weight excluding hydrogens is 196 g/mol. The van der Waals surface area contributed by atoms with Gasteiger partial charge in [-0.1, -0.05) is 11.6 Å². The Morgan fingerprint density at radius 1 is 1.69 bits per heavy atom. The van der Waals surface area contributed by atoms with Gasteiger partial charge in [-0.2, -0.15) is 5.90 Å². The van der Waals surface area contributed by atoms with Crippen molar-refractivity contribution in [2.45, 2.75) is 6.92 Å². The highest BCUT2D eigenvalue weighted by Gasteiger charge is 2.04. The van der Waals surface area contributed by atoms with Crippen LogP contribution in [0.1, 0.15) is 5.82 Å². The molecule has 70 valence electrons. The van der Waals surface area contributed by atoms with Crippen molar-refractivity contribution in [2.24, 2.45) is 5.90 Å². The Balaban J connectivity index is 2.83. The van der Waals surface area contributed by atoms with Crippen LogP contribution in [0.4, 0.5) is 10.6 Å². The Bertz CT molecular complexity index is 310. The van der Waals surface area contributed by atoms with Crippen LogP contribution in [0, 0.1) is 6.92 Å². The zero-order chi connectivity index (χ0) is 9.84. The Morgan fingerprint density at radius 2 is 2.38 bits per heavy atom. The van der Waals surface area contributed by atoms with Crippen LogP contribution >= 0.6 is 11.6 Å². The maximum absolute atomic E-state index is 10.6. The first-order chi connectivity index (χ1) is 6.11. The van der Waals surface area contributed by atoms with Crippen molar-refractivity contribution >= 4 is 23.5 Å². The van der Waals surface area contributed by atoms with Gasteiger partial charge in [0.15, 0.2) is 0 Å². The van der Waals surface area contributed by atoms with E-state index < -0.39 is 6.09 Å². The normalized spacial score (nSPS) is 9.46. The first-order valence-corrected chi connectivity index (χ1v) is 3.68. The Kier molecular flexibility index (Phi) is 2.99. The number of halogens is 1. The van der Waals surface area contributed by atoms with Crippen molar-refractivity contribution in [3.63, 3.8) is 0 Å². The smallest absolute Gasteiger partial charge is 0.356 e. The number of carbonyl (C=O) groups is 1. The van der Waals surface area contributed by atoms with Crippen LogP contribution < -0.4 is 11.2 Å². The lowest BCUT2D eigenvalue weighted by Crippen LogP contribution is -2.18. The molecule has 0 saturated heterocycles. The van der Waals surface area contributed by atoms with Gasteiger partial charge in [-0.3, -0.25) is 5.32 Å². The second-order valence-electron chi connectivity index (χ2n) is 2.15. The number of nitrogens with zero attached hydrogens (tertiary/aromatic N) is 2. The summed E-state index contributed by atoms with van der Waals surface area (Å²) in [6.45, 7) is 1.64. The van der Waals surface area contributed by atoms with E-state index in [4.69, 9.17) is 11.6 Å². The van der Waals surface area contributed by atoms with E-state index in [1.54, 1.807) is 6.92 Å². The molecule has 1 rings (SSSR count). The third-order valence-electron chi connectivity index (χ3n) is 1.14. The molecule has 13 heavy (non-hydrogen) atoms. The number of nitrogens with one attached hydrogen (secondary N) is 1. The molecule has 0 aromatic carbocycles. The van der Waals surface area contributed by atoms with E-state index in [0.717, 1.165) is 0 Å². The first-order valence-electron chi connectivity index (χ1n) is 3.30. The van der Waals surface area contributed by atoms with Crippen molar-refractivity contribution in [2.75, 3.05) is 5.32 Å². The monoisotopic (exact) mass is 202 g/mol. The summed E-state index contributed by atoms with van der Waals surface area (Å²) >= 11 is 5.60. The highest BCUT2D eigenvalue weighted by Crippen LogP contribution is 2.10. The first kappa shape index (κ1) is 9.69. The van der Waals surface area contributed by atoms with Gasteiger partial charge in [-0.05, 0) is 6.92 Å². The van der Waals surface area contributed by atoms with Crippen LogP contribution in [0.3, 0.4) is 0 Å². The van der Waals surface area contributed by atoms with Crippen LogP contribution in [0.2, 0.25) is 5.15 Å². The standard InChI is InChI=1S/C6H7ClN4O2/c1-3-9-4(7)2-5(10-3)11-6(12)13-8/h2H,8H2,1H3,(H,9,10,11,12). The molecule has 0 saturated carbocycles. The molecule has 0 aliphatic carbocycles. The maximum atomic E-state index is 10.6. The van der Waals surface area contributed by atoms with E-state index in [1.807, 2.05) is 0 Å². The average Bonchev–Trinajstić information content (AvgIpc) is 2.02. The summed E-state index contributed by atoms with van der Waals surface area (Å²) < 4.78 is 0. The van der Waals surface area contributed by atoms with E-state index in [9.17, 15) is 4.79 Å².